The molecule has 0 spiro atoms. The van der Waals surface area contributed by atoms with E-state index in [9.17, 15) is 8.42 Å². The van der Waals surface area contributed by atoms with Crippen LogP contribution in [0.1, 0.15) is 11.1 Å². The van der Waals surface area contributed by atoms with Gasteiger partial charge in [0, 0.05) is 25.5 Å². The minimum atomic E-state index is -3.65. The van der Waals surface area contributed by atoms with Crippen LogP contribution in [-0.4, -0.2) is 19.9 Å². The zero-order valence-electron chi connectivity index (χ0n) is 11.3. The van der Waals surface area contributed by atoms with Gasteiger partial charge in [-0.25, -0.2) is 13.1 Å². The number of aromatic nitrogens is 1. The zero-order valence-corrected chi connectivity index (χ0v) is 12.9. The lowest BCUT2D eigenvalue weighted by atomic mass is 10.2. The highest BCUT2D eigenvalue weighted by atomic mass is 35.5. The molecule has 7 heteroatoms. The standard InChI is InChI=1S/C14H16ClN3O2S/c15-13-2-1-12(10-16)9-14(13)21(19,20)18-8-5-11-3-6-17-7-4-11/h1-4,6-7,9,18H,5,8,10,16H2. The van der Waals surface area contributed by atoms with E-state index in [0.29, 0.717) is 12.0 Å². The third kappa shape index (κ3) is 4.25. The molecular weight excluding hydrogens is 310 g/mol. The Morgan fingerprint density at radius 2 is 1.86 bits per heavy atom. The number of hydrogen-bond donors (Lipinski definition) is 2. The molecule has 0 saturated heterocycles. The molecule has 1 heterocycles. The largest absolute Gasteiger partial charge is 0.326 e. The number of pyridine rings is 1. The summed E-state index contributed by atoms with van der Waals surface area (Å²) in [4.78, 5) is 3.97. The Morgan fingerprint density at radius 3 is 2.52 bits per heavy atom. The van der Waals surface area contributed by atoms with E-state index in [1.165, 1.54) is 6.07 Å². The second-order valence-electron chi connectivity index (χ2n) is 4.47. The van der Waals surface area contributed by atoms with E-state index in [-0.39, 0.29) is 23.0 Å². The van der Waals surface area contributed by atoms with Crippen molar-refractivity contribution < 1.29 is 8.42 Å². The lowest BCUT2D eigenvalue weighted by molar-refractivity contribution is 0.581. The zero-order chi connectivity index (χ0) is 15.3. The van der Waals surface area contributed by atoms with Gasteiger partial charge in [0.15, 0.2) is 0 Å². The maximum Gasteiger partial charge on any atom is 0.242 e. The minimum absolute atomic E-state index is 0.0573. The molecule has 0 saturated carbocycles. The van der Waals surface area contributed by atoms with Gasteiger partial charge in [0.2, 0.25) is 10.0 Å². The van der Waals surface area contributed by atoms with E-state index in [2.05, 4.69) is 9.71 Å². The smallest absolute Gasteiger partial charge is 0.242 e. The molecule has 0 atom stereocenters. The Hall–Kier alpha value is -1.47. The number of nitrogens with two attached hydrogens (primary N) is 1. The topological polar surface area (TPSA) is 85.1 Å². The summed E-state index contributed by atoms with van der Waals surface area (Å²) < 4.78 is 27.1. The molecule has 2 rings (SSSR count). The minimum Gasteiger partial charge on any atom is -0.326 e. The quantitative estimate of drug-likeness (QED) is 0.846. The van der Waals surface area contributed by atoms with Crippen molar-refractivity contribution in [1.29, 1.82) is 0 Å². The van der Waals surface area contributed by atoms with Gasteiger partial charge in [-0.3, -0.25) is 4.98 Å². The predicted molar refractivity (Wildman–Crippen MR) is 82.5 cm³/mol. The molecule has 0 aliphatic heterocycles. The van der Waals surface area contributed by atoms with Gasteiger partial charge < -0.3 is 5.73 Å². The van der Waals surface area contributed by atoms with Gasteiger partial charge in [0.05, 0.1) is 5.02 Å². The van der Waals surface area contributed by atoms with E-state index in [1.807, 2.05) is 12.1 Å². The first-order chi connectivity index (χ1) is 10.0. The lowest BCUT2D eigenvalue weighted by Crippen LogP contribution is -2.26. The molecule has 2 aromatic rings. The second kappa shape index (κ2) is 7.00. The van der Waals surface area contributed by atoms with Crippen LogP contribution in [0.25, 0.3) is 0 Å². The molecule has 0 bridgehead atoms. The maximum atomic E-state index is 12.3. The average molecular weight is 326 g/mol. The number of benzene rings is 1. The molecule has 5 nitrogen and oxygen atoms in total. The highest BCUT2D eigenvalue weighted by molar-refractivity contribution is 7.89. The van der Waals surface area contributed by atoms with Crippen LogP contribution in [-0.2, 0) is 23.0 Å². The van der Waals surface area contributed by atoms with E-state index in [1.54, 1.807) is 24.5 Å². The van der Waals surface area contributed by atoms with E-state index >= 15 is 0 Å². The Bertz CT molecular complexity index is 705. The van der Waals surface area contributed by atoms with Crippen LogP contribution >= 0.6 is 11.6 Å². The Labute approximate surface area is 129 Å². The summed E-state index contributed by atoms with van der Waals surface area (Å²) in [6, 6.07) is 8.43. The van der Waals surface area contributed by atoms with E-state index in [4.69, 9.17) is 17.3 Å². The summed E-state index contributed by atoms with van der Waals surface area (Å²) in [6.07, 6.45) is 3.92. The Balaban J connectivity index is 2.08. The van der Waals surface area contributed by atoms with Crippen molar-refractivity contribution in [3.8, 4) is 0 Å². The van der Waals surface area contributed by atoms with Crippen molar-refractivity contribution >= 4 is 21.6 Å². The molecule has 0 aliphatic carbocycles. The number of hydrogen-bond acceptors (Lipinski definition) is 4. The Morgan fingerprint density at radius 1 is 1.14 bits per heavy atom. The fourth-order valence-corrected chi connectivity index (χ4v) is 3.42. The highest BCUT2D eigenvalue weighted by Crippen LogP contribution is 2.22. The monoisotopic (exact) mass is 325 g/mol. The highest BCUT2D eigenvalue weighted by Gasteiger charge is 2.17. The number of sulfonamides is 1. The summed E-state index contributed by atoms with van der Waals surface area (Å²) in [7, 11) is -3.65. The molecule has 0 radical (unpaired) electrons. The van der Waals surface area contributed by atoms with Crippen LogP contribution in [0.4, 0.5) is 0 Å². The van der Waals surface area contributed by atoms with Crippen molar-refractivity contribution in [3.05, 3.63) is 58.9 Å². The van der Waals surface area contributed by atoms with Crippen LogP contribution in [0.2, 0.25) is 5.02 Å². The van der Waals surface area contributed by atoms with Crippen LogP contribution in [0.3, 0.4) is 0 Å². The molecule has 0 aliphatic rings. The molecule has 112 valence electrons. The van der Waals surface area contributed by atoms with Crippen molar-refractivity contribution in [2.75, 3.05) is 6.54 Å². The lowest BCUT2D eigenvalue weighted by Gasteiger charge is -2.09. The van der Waals surface area contributed by atoms with Crippen LogP contribution in [0.5, 0.6) is 0 Å². The predicted octanol–water partition coefficient (Wildman–Crippen LogP) is 1.71. The summed E-state index contributed by atoms with van der Waals surface area (Å²) in [6.45, 7) is 0.548. The molecule has 0 amide bonds. The number of nitrogens with one attached hydrogen (secondary N) is 1. The Kier molecular flexibility index (Phi) is 5.30. The first-order valence-electron chi connectivity index (χ1n) is 6.40. The van der Waals surface area contributed by atoms with Crippen molar-refractivity contribution in [3.63, 3.8) is 0 Å². The summed E-state index contributed by atoms with van der Waals surface area (Å²) in [5.74, 6) is 0. The SMILES string of the molecule is NCc1ccc(Cl)c(S(=O)(=O)NCCc2ccncc2)c1. The number of rotatable bonds is 6. The molecule has 1 aromatic carbocycles. The van der Waals surface area contributed by atoms with Gasteiger partial charge in [-0.1, -0.05) is 17.7 Å². The molecule has 0 fully saturated rings. The van der Waals surface area contributed by atoms with E-state index < -0.39 is 10.0 Å². The fraction of sp³-hybridized carbons (Fsp3) is 0.214. The third-order valence-corrected chi connectivity index (χ3v) is 4.92. The summed E-state index contributed by atoms with van der Waals surface area (Å²) in [5, 5.41) is 0.184. The van der Waals surface area contributed by atoms with E-state index in [0.717, 1.165) is 5.56 Å². The van der Waals surface area contributed by atoms with Crippen LogP contribution in [0.15, 0.2) is 47.6 Å². The summed E-state index contributed by atoms with van der Waals surface area (Å²) >= 11 is 5.97. The maximum absolute atomic E-state index is 12.3. The molecule has 21 heavy (non-hydrogen) atoms. The van der Waals surface area contributed by atoms with Gasteiger partial charge in [0.1, 0.15) is 4.90 Å². The van der Waals surface area contributed by atoms with Gasteiger partial charge in [-0.15, -0.1) is 0 Å². The normalized spacial score (nSPS) is 11.5. The molecule has 3 N–H and O–H groups in total. The third-order valence-electron chi connectivity index (χ3n) is 2.98. The van der Waals surface area contributed by atoms with Crippen molar-refractivity contribution in [2.45, 2.75) is 17.9 Å². The molecular formula is C14H16ClN3O2S. The average Bonchev–Trinajstić information content (AvgIpc) is 2.48. The van der Waals surface area contributed by atoms with Crippen LogP contribution < -0.4 is 10.5 Å². The fourth-order valence-electron chi connectivity index (χ4n) is 1.84. The second-order valence-corrected chi connectivity index (χ2v) is 6.61. The molecule has 0 unspecified atom stereocenters. The number of halogens is 1. The van der Waals surface area contributed by atoms with Gasteiger partial charge >= 0.3 is 0 Å². The van der Waals surface area contributed by atoms with Gasteiger partial charge in [-0.05, 0) is 41.8 Å². The van der Waals surface area contributed by atoms with Gasteiger partial charge in [-0.2, -0.15) is 0 Å². The van der Waals surface area contributed by atoms with Gasteiger partial charge in [0.25, 0.3) is 0 Å². The van der Waals surface area contributed by atoms with Crippen molar-refractivity contribution in [2.24, 2.45) is 5.73 Å². The number of nitrogens with zero attached hydrogens (tertiary/aromatic N) is 1. The van der Waals surface area contributed by atoms with Crippen molar-refractivity contribution in [1.82, 2.24) is 9.71 Å². The first-order valence-corrected chi connectivity index (χ1v) is 8.26. The molecule has 1 aromatic heterocycles. The summed E-state index contributed by atoms with van der Waals surface area (Å²) in [5.41, 5.74) is 7.25. The van der Waals surface area contributed by atoms with Crippen LogP contribution in [0, 0.1) is 0 Å². The first kappa shape index (κ1) is 15.9.